The number of fused-ring (bicyclic) bond motifs is 1. The molecule has 0 radical (unpaired) electrons. The number of rotatable bonds is 4. The number of para-hydroxylation sites is 1. The molecule has 1 aliphatic heterocycles. The summed E-state index contributed by atoms with van der Waals surface area (Å²) >= 11 is 13.0. The number of nitrogens with zero attached hydrogens (tertiary/aromatic N) is 4. The molecule has 0 bridgehead atoms. The highest BCUT2D eigenvalue weighted by molar-refractivity contribution is 6.42. The van der Waals surface area contributed by atoms with Gasteiger partial charge in [0.25, 0.3) is 5.91 Å². The van der Waals surface area contributed by atoms with Gasteiger partial charge in [0.15, 0.2) is 5.82 Å². The lowest BCUT2D eigenvalue weighted by Gasteiger charge is -2.29. The molecule has 2 aromatic carbocycles. The summed E-state index contributed by atoms with van der Waals surface area (Å²) in [6, 6.07) is 17.6. The first kappa shape index (κ1) is 21.2. The molecule has 1 unspecified atom stereocenters. The molecule has 1 aliphatic rings. The van der Waals surface area contributed by atoms with Crippen LogP contribution in [0.3, 0.4) is 0 Å². The van der Waals surface area contributed by atoms with Crippen molar-refractivity contribution in [2.45, 2.75) is 13.0 Å². The second-order valence-electron chi connectivity index (χ2n) is 7.47. The zero-order valence-electron chi connectivity index (χ0n) is 17.5. The van der Waals surface area contributed by atoms with Gasteiger partial charge in [0.2, 0.25) is 5.95 Å². The molecule has 1 atom stereocenters. The predicted octanol–water partition coefficient (Wildman–Crippen LogP) is 5.57. The zero-order valence-corrected chi connectivity index (χ0v) is 19.0. The molecule has 0 fully saturated rings. The zero-order chi connectivity index (χ0) is 22.9. The van der Waals surface area contributed by atoms with Gasteiger partial charge in [-0.15, -0.1) is 5.10 Å². The molecule has 2 aromatic heterocycles. The third-order valence-corrected chi connectivity index (χ3v) is 6.16. The molecule has 0 aliphatic carbocycles. The molecule has 0 saturated heterocycles. The van der Waals surface area contributed by atoms with Gasteiger partial charge < -0.3 is 10.6 Å². The molecule has 5 rings (SSSR count). The van der Waals surface area contributed by atoms with Crippen LogP contribution in [0.4, 0.5) is 11.6 Å². The molecule has 0 spiro atoms. The molecule has 2 N–H and O–H groups in total. The first-order valence-corrected chi connectivity index (χ1v) is 10.9. The fourth-order valence-corrected chi connectivity index (χ4v) is 4.21. The summed E-state index contributed by atoms with van der Waals surface area (Å²) in [6.07, 6.45) is 3.37. The minimum atomic E-state index is -0.644. The number of aromatic nitrogens is 4. The molecule has 7 nitrogen and oxygen atoms in total. The van der Waals surface area contributed by atoms with Gasteiger partial charge in [-0.3, -0.25) is 9.78 Å². The van der Waals surface area contributed by atoms with Crippen molar-refractivity contribution < 1.29 is 4.79 Å². The maximum absolute atomic E-state index is 13.5. The van der Waals surface area contributed by atoms with Crippen LogP contribution < -0.4 is 10.6 Å². The van der Waals surface area contributed by atoms with Gasteiger partial charge >= 0.3 is 0 Å². The van der Waals surface area contributed by atoms with E-state index in [2.05, 4.69) is 20.6 Å². The van der Waals surface area contributed by atoms with E-state index < -0.39 is 6.04 Å². The fraction of sp³-hybridized carbons (Fsp3) is 0.0833. The Morgan fingerprint density at radius 3 is 2.64 bits per heavy atom. The van der Waals surface area contributed by atoms with Crippen LogP contribution in [0.15, 0.2) is 84.3 Å². The number of allylic oxidation sites excluding steroid dienone is 1. The Morgan fingerprint density at radius 1 is 1.06 bits per heavy atom. The number of anilines is 2. The largest absolute Gasteiger partial charge is 0.328 e. The first-order valence-electron chi connectivity index (χ1n) is 10.2. The Balaban J connectivity index is 1.65. The standard InChI is InChI=1S/C24H18Cl2N6O/c1-14-19(23(33)29-16-8-3-2-4-9-16)21(17-10-5-11-18(25)20(17)26)32-24(28-14)30-22(31-32)15-7-6-12-27-13-15/h2-13,21H,1H3,(H,29,33)(H,28,30,31). The highest BCUT2D eigenvalue weighted by Gasteiger charge is 2.36. The molecule has 1 amide bonds. The van der Waals surface area contributed by atoms with Gasteiger partial charge in [-0.25, -0.2) is 4.68 Å². The van der Waals surface area contributed by atoms with Gasteiger partial charge in [0, 0.05) is 34.9 Å². The molecule has 33 heavy (non-hydrogen) atoms. The third-order valence-electron chi connectivity index (χ3n) is 5.32. The Bertz CT molecular complexity index is 1370. The van der Waals surface area contributed by atoms with E-state index in [9.17, 15) is 4.79 Å². The number of hydrogen-bond acceptors (Lipinski definition) is 5. The maximum atomic E-state index is 13.5. The molecule has 4 aromatic rings. The number of carbonyl (C=O) groups excluding carboxylic acids is 1. The average molecular weight is 477 g/mol. The van der Waals surface area contributed by atoms with E-state index in [1.807, 2.05) is 55.5 Å². The van der Waals surface area contributed by atoms with Gasteiger partial charge in [0.05, 0.1) is 15.6 Å². The van der Waals surface area contributed by atoms with Crippen molar-refractivity contribution >= 4 is 40.7 Å². The quantitative estimate of drug-likeness (QED) is 0.401. The summed E-state index contributed by atoms with van der Waals surface area (Å²) in [5.41, 5.74) is 3.18. The van der Waals surface area contributed by atoms with E-state index in [-0.39, 0.29) is 5.91 Å². The van der Waals surface area contributed by atoms with Crippen molar-refractivity contribution in [3.05, 3.63) is 99.9 Å². The molecule has 164 valence electrons. The summed E-state index contributed by atoms with van der Waals surface area (Å²) in [4.78, 5) is 22.3. The summed E-state index contributed by atoms with van der Waals surface area (Å²) in [7, 11) is 0. The SMILES string of the molecule is CC1=C(C(=O)Nc2ccccc2)C(c2cccc(Cl)c2Cl)n2nc(-c3cccnc3)nc2N1. The molecular weight excluding hydrogens is 459 g/mol. The van der Waals surface area contributed by atoms with Crippen LogP contribution in [0.1, 0.15) is 18.5 Å². The number of amides is 1. The lowest BCUT2D eigenvalue weighted by molar-refractivity contribution is -0.113. The van der Waals surface area contributed by atoms with Crippen LogP contribution in [0.2, 0.25) is 10.0 Å². The smallest absolute Gasteiger partial charge is 0.255 e. The van der Waals surface area contributed by atoms with E-state index in [0.717, 1.165) is 5.56 Å². The minimum absolute atomic E-state index is 0.281. The number of nitrogens with one attached hydrogen (secondary N) is 2. The second kappa shape index (κ2) is 8.69. The summed E-state index contributed by atoms with van der Waals surface area (Å²) in [6.45, 7) is 1.83. The summed E-state index contributed by atoms with van der Waals surface area (Å²) < 4.78 is 1.66. The van der Waals surface area contributed by atoms with Crippen LogP contribution in [-0.2, 0) is 4.79 Å². The van der Waals surface area contributed by atoms with Gasteiger partial charge in [-0.1, -0.05) is 53.5 Å². The van der Waals surface area contributed by atoms with Crippen molar-refractivity contribution in [2.24, 2.45) is 0 Å². The minimum Gasteiger partial charge on any atom is -0.328 e. The molecular formula is C24H18Cl2N6O. The van der Waals surface area contributed by atoms with Crippen LogP contribution in [-0.4, -0.2) is 25.7 Å². The van der Waals surface area contributed by atoms with Crippen molar-refractivity contribution in [1.82, 2.24) is 19.7 Å². The van der Waals surface area contributed by atoms with Crippen LogP contribution in [0.25, 0.3) is 11.4 Å². The number of pyridine rings is 1. The van der Waals surface area contributed by atoms with E-state index in [0.29, 0.717) is 44.3 Å². The van der Waals surface area contributed by atoms with Crippen molar-refractivity contribution in [2.75, 3.05) is 10.6 Å². The van der Waals surface area contributed by atoms with Crippen molar-refractivity contribution in [3.63, 3.8) is 0 Å². The van der Waals surface area contributed by atoms with E-state index >= 15 is 0 Å². The van der Waals surface area contributed by atoms with Crippen molar-refractivity contribution in [3.8, 4) is 11.4 Å². The predicted molar refractivity (Wildman–Crippen MR) is 129 cm³/mol. The van der Waals surface area contributed by atoms with E-state index in [1.165, 1.54) is 0 Å². The average Bonchev–Trinajstić information content (AvgIpc) is 3.25. The monoisotopic (exact) mass is 476 g/mol. The molecule has 3 heterocycles. The first-order chi connectivity index (χ1) is 16.0. The fourth-order valence-electron chi connectivity index (χ4n) is 3.80. The van der Waals surface area contributed by atoms with Crippen LogP contribution in [0.5, 0.6) is 0 Å². The number of hydrogen-bond donors (Lipinski definition) is 2. The van der Waals surface area contributed by atoms with Gasteiger partial charge in [-0.05, 0) is 37.3 Å². The Kier molecular flexibility index (Phi) is 5.58. The summed E-state index contributed by atoms with van der Waals surface area (Å²) in [5, 5.41) is 11.6. The topological polar surface area (TPSA) is 84.7 Å². The Hall–Kier alpha value is -3.68. The Morgan fingerprint density at radius 2 is 1.88 bits per heavy atom. The number of carbonyl (C=O) groups is 1. The number of halogens is 2. The summed E-state index contributed by atoms with van der Waals surface area (Å²) in [5.74, 6) is 0.686. The lowest BCUT2D eigenvalue weighted by atomic mass is 9.95. The second-order valence-corrected chi connectivity index (χ2v) is 8.26. The Labute approximate surface area is 200 Å². The van der Waals surface area contributed by atoms with Gasteiger partial charge in [0.1, 0.15) is 6.04 Å². The lowest BCUT2D eigenvalue weighted by Crippen LogP contribution is -2.31. The molecule has 9 heteroatoms. The van der Waals surface area contributed by atoms with Crippen molar-refractivity contribution in [1.29, 1.82) is 0 Å². The molecule has 0 saturated carbocycles. The van der Waals surface area contributed by atoms with Crippen LogP contribution >= 0.6 is 23.2 Å². The van der Waals surface area contributed by atoms with Gasteiger partial charge in [-0.2, -0.15) is 4.98 Å². The number of benzene rings is 2. The van der Waals surface area contributed by atoms with E-state index in [4.69, 9.17) is 28.3 Å². The maximum Gasteiger partial charge on any atom is 0.255 e. The third kappa shape index (κ3) is 3.97. The van der Waals surface area contributed by atoms with Crippen LogP contribution in [0, 0.1) is 0 Å². The van der Waals surface area contributed by atoms with E-state index in [1.54, 1.807) is 29.2 Å². The highest BCUT2D eigenvalue weighted by Crippen LogP contribution is 2.41. The normalized spacial score (nSPS) is 15.1. The highest BCUT2D eigenvalue weighted by atomic mass is 35.5.